The Bertz CT molecular complexity index is 888. The van der Waals surface area contributed by atoms with E-state index in [9.17, 15) is 4.79 Å². The van der Waals surface area contributed by atoms with Crippen LogP contribution in [0.15, 0.2) is 48.1 Å². The third kappa shape index (κ3) is 3.48. The second kappa shape index (κ2) is 7.29. The number of likely N-dealkylation sites (tertiary alicyclic amines) is 1. The number of nitrogens with zero attached hydrogens (tertiary/aromatic N) is 4. The summed E-state index contributed by atoms with van der Waals surface area (Å²) < 4.78 is 1.78. The standard InChI is InChI=1S/C19H21N5OS/c1-23-12-15(11-20-23)16-9-5-6-10-24(16)19(25)22-17-13-26-18(21-17)14-7-3-2-4-8-14/h2-4,7-8,11-13,16H,5-6,9-10H2,1H3,(H,22,25). The number of carbonyl (C=O) groups is 1. The molecule has 0 radical (unpaired) electrons. The van der Waals surface area contributed by atoms with E-state index >= 15 is 0 Å². The van der Waals surface area contributed by atoms with Gasteiger partial charge in [-0.05, 0) is 19.3 Å². The number of thiazole rings is 1. The molecule has 7 heteroatoms. The molecule has 1 aromatic carbocycles. The van der Waals surface area contributed by atoms with Crippen molar-refractivity contribution in [3.8, 4) is 10.6 Å². The molecule has 3 aromatic rings. The van der Waals surface area contributed by atoms with Crippen molar-refractivity contribution in [3.05, 3.63) is 53.7 Å². The molecule has 0 bridgehead atoms. The maximum absolute atomic E-state index is 12.9. The van der Waals surface area contributed by atoms with E-state index < -0.39 is 0 Å². The van der Waals surface area contributed by atoms with E-state index in [1.807, 2.05) is 60.1 Å². The fraction of sp³-hybridized carbons (Fsp3) is 0.316. The van der Waals surface area contributed by atoms with Gasteiger partial charge in [-0.2, -0.15) is 5.10 Å². The minimum absolute atomic E-state index is 0.0738. The van der Waals surface area contributed by atoms with Gasteiger partial charge in [0.25, 0.3) is 0 Å². The second-order valence-electron chi connectivity index (χ2n) is 6.49. The molecule has 1 saturated heterocycles. The Kier molecular flexibility index (Phi) is 4.71. The summed E-state index contributed by atoms with van der Waals surface area (Å²) in [6, 6.07) is 9.98. The van der Waals surface area contributed by atoms with Crippen molar-refractivity contribution in [2.24, 2.45) is 7.05 Å². The Hall–Kier alpha value is -2.67. The monoisotopic (exact) mass is 367 g/mol. The number of hydrogen-bond acceptors (Lipinski definition) is 4. The quantitative estimate of drug-likeness (QED) is 0.750. The highest BCUT2D eigenvalue weighted by molar-refractivity contribution is 7.13. The maximum atomic E-state index is 12.9. The first-order valence-electron chi connectivity index (χ1n) is 8.78. The van der Waals surface area contributed by atoms with Gasteiger partial charge in [-0.1, -0.05) is 30.3 Å². The molecule has 1 atom stereocenters. The highest BCUT2D eigenvalue weighted by Crippen LogP contribution is 2.32. The van der Waals surface area contributed by atoms with Crippen molar-refractivity contribution in [1.82, 2.24) is 19.7 Å². The van der Waals surface area contributed by atoms with Gasteiger partial charge in [0.15, 0.2) is 0 Å². The molecule has 2 aromatic heterocycles. The zero-order valence-corrected chi connectivity index (χ0v) is 15.4. The lowest BCUT2D eigenvalue weighted by atomic mass is 9.98. The fourth-order valence-corrected chi connectivity index (χ4v) is 4.12. The molecule has 26 heavy (non-hydrogen) atoms. The van der Waals surface area contributed by atoms with Gasteiger partial charge in [-0.15, -0.1) is 11.3 Å². The number of carbonyl (C=O) groups excluding carboxylic acids is 1. The van der Waals surface area contributed by atoms with Gasteiger partial charge in [0.05, 0.1) is 12.2 Å². The van der Waals surface area contributed by atoms with Gasteiger partial charge in [-0.3, -0.25) is 10.00 Å². The highest BCUT2D eigenvalue weighted by atomic mass is 32.1. The molecule has 1 fully saturated rings. The van der Waals surface area contributed by atoms with Crippen LogP contribution in [-0.4, -0.2) is 32.2 Å². The van der Waals surface area contributed by atoms with Gasteiger partial charge in [-0.25, -0.2) is 9.78 Å². The minimum atomic E-state index is -0.0940. The Morgan fingerprint density at radius 2 is 2.12 bits per heavy atom. The number of aromatic nitrogens is 3. The average Bonchev–Trinajstić information content (AvgIpc) is 3.31. The first-order valence-corrected chi connectivity index (χ1v) is 9.66. The number of anilines is 1. The van der Waals surface area contributed by atoms with E-state index in [1.165, 1.54) is 11.3 Å². The van der Waals surface area contributed by atoms with E-state index in [0.717, 1.165) is 41.9 Å². The first-order chi connectivity index (χ1) is 12.7. The van der Waals surface area contributed by atoms with Crippen LogP contribution in [-0.2, 0) is 7.05 Å². The summed E-state index contributed by atoms with van der Waals surface area (Å²) in [6.45, 7) is 0.751. The Balaban J connectivity index is 1.49. The number of piperidine rings is 1. The topological polar surface area (TPSA) is 63.1 Å². The number of benzene rings is 1. The minimum Gasteiger partial charge on any atom is -0.317 e. The largest absolute Gasteiger partial charge is 0.323 e. The number of amides is 2. The van der Waals surface area contributed by atoms with E-state index in [4.69, 9.17) is 0 Å². The van der Waals surface area contributed by atoms with Gasteiger partial charge >= 0.3 is 6.03 Å². The number of nitrogens with one attached hydrogen (secondary N) is 1. The number of aryl methyl sites for hydroxylation is 1. The molecule has 6 nitrogen and oxygen atoms in total. The lowest BCUT2D eigenvalue weighted by Crippen LogP contribution is -2.41. The molecule has 0 aliphatic carbocycles. The first kappa shape index (κ1) is 16.8. The van der Waals surface area contributed by atoms with Gasteiger partial charge in [0, 0.05) is 36.3 Å². The van der Waals surface area contributed by atoms with Crippen LogP contribution in [0.4, 0.5) is 10.6 Å². The average molecular weight is 367 g/mol. The highest BCUT2D eigenvalue weighted by Gasteiger charge is 2.29. The lowest BCUT2D eigenvalue weighted by molar-refractivity contribution is 0.163. The van der Waals surface area contributed by atoms with Crippen LogP contribution in [0.5, 0.6) is 0 Å². The third-order valence-electron chi connectivity index (χ3n) is 4.63. The van der Waals surface area contributed by atoms with Crippen LogP contribution < -0.4 is 5.32 Å². The Morgan fingerprint density at radius 1 is 1.27 bits per heavy atom. The van der Waals surface area contributed by atoms with Gasteiger partial charge < -0.3 is 4.90 Å². The smallest absolute Gasteiger partial charge is 0.317 e. The van der Waals surface area contributed by atoms with Crippen LogP contribution in [0.2, 0.25) is 0 Å². The zero-order valence-electron chi connectivity index (χ0n) is 14.6. The maximum Gasteiger partial charge on any atom is 0.323 e. The summed E-state index contributed by atoms with van der Waals surface area (Å²) in [7, 11) is 1.90. The molecule has 0 saturated carbocycles. The molecule has 3 heterocycles. The summed E-state index contributed by atoms with van der Waals surface area (Å²) in [4.78, 5) is 19.3. The van der Waals surface area contributed by atoms with Crippen LogP contribution >= 0.6 is 11.3 Å². The number of rotatable bonds is 3. The van der Waals surface area contributed by atoms with Crippen molar-refractivity contribution in [3.63, 3.8) is 0 Å². The molecule has 134 valence electrons. The summed E-state index contributed by atoms with van der Waals surface area (Å²) in [5.41, 5.74) is 2.15. The number of urea groups is 1. The molecule has 1 N–H and O–H groups in total. The van der Waals surface area contributed by atoms with Gasteiger partial charge in [0.2, 0.25) is 0 Å². The van der Waals surface area contributed by atoms with Crippen molar-refractivity contribution < 1.29 is 4.79 Å². The fourth-order valence-electron chi connectivity index (χ4n) is 3.36. The molecule has 1 unspecified atom stereocenters. The van der Waals surface area contributed by atoms with E-state index in [0.29, 0.717) is 5.82 Å². The van der Waals surface area contributed by atoms with Crippen molar-refractivity contribution in [1.29, 1.82) is 0 Å². The summed E-state index contributed by atoms with van der Waals surface area (Å²) >= 11 is 1.53. The van der Waals surface area contributed by atoms with E-state index in [2.05, 4.69) is 15.4 Å². The predicted molar refractivity (Wildman–Crippen MR) is 103 cm³/mol. The summed E-state index contributed by atoms with van der Waals surface area (Å²) in [5, 5.41) is 10.0. The number of hydrogen-bond donors (Lipinski definition) is 1. The SMILES string of the molecule is Cn1cc(C2CCCCN2C(=O)Nc2csc(-c3ccccc3)n2)cn1. The van der Waals surface area contributed by atoms with Crippen LogP contribution in [0.25, 0.3) is 10.6 Å². The predicted octanol–water partition coefficient (Wildman–Crippen LogP) is 4.30. The van der Waals surface area contributed by atoms with Gasteiger partial charge in [0.1, 0.15) is 10.8 Å². The molecule has 1 aliphatic heterocycles. The molecule has 4 rings (SSSR count). The van der Waals surface area contributed by atoms with Crippen molar-refractivity contribution >= 4 is 23.2 Å². The lowest BCUT2D eigenvalue weighted by Gasteiger charge is -2.35. The molecular weight excluding hydrogens is 346 g/mol. The zero-order chi connectivity index (χ0) is 17.9. The molecule has 2 amide bonds. The molecule has 1 aliphatic rings. The van der Waals surface area contributed by atoms with Crippen molar-refractivity contribution in [2.75, 3.05) is 11.9 Å². The summed E-state index contributed by atoms with van der Waals surface area (Å²) in [6.07, 6.45) is 6.96. The Labute approximate surface area is 156 Å². The van der Waals surface area contributed by atoms with E-state index in [-0.39, 0.29) is 12.1 Å². The van der Waals surface area contributed by atoms with Crippen molar-refractivity contribution in [2.45, 2.75) is 25.3 Å². The molecular formula is C19H21N5OS. The Morgan fingerprint density at radius 3 is 2.88 bits per heavy atom. The summed E-state index contributed by atoms with van der Waals surface area (Å²) in [5.74, 6) is 0.606. The normalized spacial score (nSPS) is 17.3. The molecule has 0 spiro atoms. The van der Waals surface area contributed by atoms with Crippen LogP contribution in [0.1, 0.15) is 30.9 Å². The van der Waals surface area contributed by atoms with E-state index in [1.54, 1.807) is 4.68 Å². The third-order valence-corrected chi connectivity index (χ3v) is 5.52. The van der Waals surface area contributed by atoms with Crippen LogP contribution in [0, 0.1) is 0 Å². The second-order valence-corrected chi connectivity index (χ2v) is 7.34. The van der Waals surface area contributed by atoms with Crippen LogP contribution in [0.3, 0.4) is 0 Å².